The third kappa shape index (κ3) is 9.14. The molecule has 0 aliphatic carbocycles. The van der Waals surface area contributed by atoms with Crippen LogP contribution >= 0.6 is 0 Å². The molecule has 1 N–H and O–H groups in total. The summed E-state index contributed by atoms with van der Waals surface area (Å²) in [5, 5.41) is 8.36. The fraction of sp³-hybridized carbons (Fsp3) is 1.00. The van der Waals surface area contributed by atoms with Crippen molar-refractivity contribution in [3.8, 4) is 0 Å². The maximum Gasteiger partial charge on any atom is 1.00 e. The van der Waals surface area contributed by atoms with Crippen molar-refractivity contribution in [2.24, 2.45) is 0 Å². The van der Waals surface area contributed by atoms with Gasteiger partial charge in [-0.3, -0.25) is 0 Å². The van der Waals surface area contributed by atoms with Crippen LogP contribution in [0.5, 0.6) is 0 Å². The SMILES string of the molecule is CC[C@@H](C)O.[H-].[K+]. The molecule has 0 aromatic carbocycles. The molecule has 0 aliphatic heterocycles. The van der Waals surface area contributed by atoms with Crippen LogP contribution in [-0.4, -0.2) is 11.2 Å². The van der Waals surface area contributed by atoms with Crippen molar-refractivity contribution in [2.45, 2.75) is 26.4 Å². The zero-order valence-corrected chi connectivity index (χ0v) is 7.85. The second kappa shape index (κ2) is 6.60. The number of hydrogen-bond acceptors (Lipinski definition) is 1. The van der Waals surface area contributed by atoms with E-state index < -0.39 is 0 Å². The van der Waals surface area contributed by atoms with Gasteiger partial charge in [0.2, 0.25) is 0 Å². The van der Waals surface area contributed by atoms with E-state index in [4.69, 9.17) is 5.11 Å². The fourth-order valence-electron chi connectivity index (χ4n) is 0. The van der Waals surface area contributed by atoms with Crippen molar-refractivity contribution >= 4 is 0 Å². The van der Waals surface area contributed by atoms with Crippen LogP contribution in [0, 0.1) is 0 Å². The van der Waals surface area contributed by atoms with E-state index in [2.05, 4.69) is 0 Å². The molecule has 0 aromatic heterocycles. The topological polar surface area (TPSA) is 20.2 Å². The summed E-state index contributed by atoms with van der Waals surface area (Å²) in [6, 6.07) is 0. The maximum absolute atomic E-state index is 8.36. The van der Waals surface area contributed by atoms with Gasteiger partial charge < -0.3 is 6.53 Å². The van der Waals surface area contributed by atoms with Gasteiger partial charge in [-0.2, -0.15) is 0 Å². The molecule has 2 heteroatoms. The standard InChI is InChI=1S/C4H10O.K.H/c1-3-4(2)5;;/h4-5H,3H2,1-2H3;;/q;+1;-1/t4-;;/m1../s1. The van der Waals surface area contributed by atoms with Crippen LogP contribution in [0.4, 0.5) is 0 Å². The van der Waals surface area contributed by atoms with Gasteiger partial charge in [0.15, 0.2) is 0 Å². The molecule has 0 fully saturated rings. The summed E-state index contributed by atoms with van der Waals surface area (Å²) < 4.78 is 0. The van der Waals surface area contributed by atoms with Crippen molar-refractivity contribution in [1.82, 2.24) is 0 Å². The first-order chi connectivity index (χ1) is 2.27. The number of aliphatic hydroxyl groups is 1. The molecule has 0 aromatic rings. The average Bonchev–Trinajstić information content (AvgIpc) is 1.38. The van der Waals surface area contributed by atoms with Crippen LogP contribution in [-0.2, 0) is 0 Å². The Labute approximate surface area is 83.0 Å². The Morgan fingerprint density at radius 3 is 2.00 bits per heavy atom. The molecule has 0 unspecified atom stereocenters. The Bertz CT molecular complexity index is 25.7. The Kier molecular flexibility index (Phi) is 11.6. The van der Waals surface area contributed by atoms with Crippen LogP contribution in [0.2, 0.25) is 0 Å². The molecule has 1 nitrogen and oxygen atoms in total. The van der Waals surface area contributed by atoms with Crippen LogP contribution in [0.25, 0.3) is 0 Å². The van der Waals surface area contributed by atoms with E-state index in [0.29, 0.717) is 0 Å². The molecule has 0 rings (SSSR count). The first-order valence-corrected chi connectivity index (χ1v) is 1.95. The largest absolute Gasteiger partial charge is 1.00 e. The van der Waals surface area contributed by atoms with Crippen molar-refractivity contribution in [2.75, 3.05) is 0 Å². The van der Waals surface area contributed by atoms with Gasteiger partial charge in [-0.25, -0.2) is 0 Å². The molecule has 0 bridgehead atoms. The molecule has 0 aliphatic rings. The van der Waals surface area contributed by atoms with Crippen molar-refractivity contribution in [1.29, 1.82) is 0 Å². The van der Waals surface area contributed by atoms with Gasteiger partial charge in [-0.05, 0) is 13.3 Å². The second-order valence-corrected chi connectivity index (χ2v) is 1.26. The molecule has 0 heterocycles. The quantitative estimate of drug-likeness (QED) is 0.387. The van der Waals surface area contributed by atoms with Crippen molar-refractivity contribution in [3.05, 3.63) is 0 Å². The van der Waals surface area contributed by atoms with E-state index in [-0.39, 0.29) is 58.9 Å². The fourth-order valence-corrected chi connectivity index (χ4v) is 0. The summed E-state index contributed by atoms with van der Waals surface area (Å²) in [5.41, 5.74) is 0. The first kappa shape index (κ1) is 10.6. The van der Waals surface area contributed by atoms with E-state index in [1.807, 2.05) is 6.92 Å². The minimum absolute atomic E-state index is 0. The van der Waals surface area contributed by atoms with Gasteiger partial charge in [0.05, 0.1) is 6.10 Å². The van der Waals surface area contributed by atoms with Crippen LogP contribution in [0.1, 0.15) is 21.7 Å². The molecule has 0 radical (unpaired) electrons. The van der Waals surface area contributed by atoms with Crippen LogP contribution < -0.4 is 51.4 Å². The normalized spacial score (nSPS) is 12.5. The average molecular weight is 114 g/mol. The molecule has 0 spiro atoms. The van der Waals surface area contributed by atoms with E-state index >= 15 is 0 Å². The zero-order chi connectivity index (χ0) is 4.28. The van der Waals surface area contributed by atoms with Gasteiger partial charge in [0.1, 0.15) is 0 Å². The van der Waals surface area contributed by atoms with Crippen molar-refractivity contribution in [3.63, 3.8) is 0 Å². The Morgan fingerprint density at radius 2 is 2.00 bits per heavy atom. The number of aliphatic hydroxyl groups excluding tert-OH is 1. The molecule has 0 saturated carbocycles. The minimum atomic E-state index is -0.116. The summed E-state index contributed by atoms with van der Waals surface area (Å²) in [6.45, 7) is 3.73. The van der Waals surface area contributed by atoms with Crippen LogP contribution in [0.15, 0.2) is 0 Å². The molecule has 1 atom stereocenters. The summed E-state index contributed by atoms with van der Waals surface area (Å²) in [7, 11) is 0. The summed E-state index contributed by atoms with van der Waals surface area (Å²) >= 11 is 0. The van der Waals surface area contributed by atoms with Gasteiger partial charge in [-0.15, -0.1) is 0 Å². The van der Waals surface area contributed by atoms with Gasteiger partial charge in [0.25, 0.3) is 0 Å². The van der Waals surface area contributed by atoms with E-state index in [0.717, 1.165) is 6.42 Å². The van der Waals surface area contributed by atoms with E-state index in [9.17, 15) is 0 Å². The predicted molar refractivity (Wildman–Crippen MR) is 23.1 cm³/mol. The predicted octanol–water partition coefficient (Wildman–Crippen LogP) is -2.11. The number of hydrogen-bond donors (Lipinski definition) is 1. The third-order valence-electron chi connectivity index (χ3n) is 0.591. The molecule has 0 saturated heterocycles. The van der Waals surface area contributed by atoms with E-state index in [1.165, 1.54) is 0 Å². The molecule has 0 amide bonds. The molecular weight excluding hydrogens is 103 g/mol. The third-order valence-corrected chi connectivity index (χ3v) is 0.591. The Morgan fingerprint density at radius 1 is 1.83 bits per heavy atom. The van der Waals surface area contributed by atoms with Gasteiger partial charge >= 0.3 is 51.4 Å². The van der Waals surface area contributed by atoms with Gasteiger partial charge in [-0.1, -0.05) is 6.92 Å². The Balaban J connectivity index is -0.0000000800. The summed E-state index contributed by atoms with van der Waals surface area (Å²) in [5.74, 6) is 0. The van der Waals surface area contributed by atoms with Gasteiger partial charge in [0, 0.05) is 0 Å². The molecule has 34 valence electrons. The van der Waals surface area contributed by atoms with E-state index in [1.54, 1.807) is 6.92 Å². The molecular formula is C4H11KO. The first-order valence-electron chi connectivity index (χ1n) is 1.95. The summed E-state index contributed by atoms with van der Waals surface area (Å²) in [6.07, 6.45) is 0.745. The van der Waals surface area contributed by atoms with Crippen LogP contribution in [0.3, 0.4) is 0 Å². The minimum Gasteiger partial charge on any atom is -1.00 e. The number of rotatable bonds is 1. The Hall–Kier alpha value is 1.60. The second-order valence-electron chi connectivity index (χ2n) is 1.26. The summed E-state index contributed by atoms with van der Waals surface area (Å²) in [4.78, 5) is 0. The zero-order valence-electron chi connectivity index (χ0n) is 5.73. The smallest absolute Gasteiger partial charge is 1.00 e. The van der Waals surface area contributed by atoms with Crippen molar-refractivity contribution < 1.29 is 57.9 Å². The maximum atomic E-state index is 8.36. The monoisotopic (exact) mass is 114 g/mol. The molecule has 6 heavy (non-hydrogen) atoms.